The van der Waals surface area contributed by atoms with Gasteiger partial charge in [0.2, 0.25) is 11.7 Å². The summed E-state index contributed by atoms with van der Waals surface area (Å²) in [4.78, 5) is 24.0. The number of aryl methyl sites for hydroxylation is 1. The maximum absolute atomic E-state index is 11.7. The Morgan fingerprint density at radius 2 is 2.09 bits per heavy atom. The van der Waals surface area contributed by atoms with Crippen molar-refractivity contribution in [1.29, 1.82) is 0 Å². The van der Waals surface area contributed by atoms with Gasteiger partial charge in [0.25, 0.3) is 0 Å². The first-order valence-corrected chi connectivity index (χ1v) is 6.87. The topological polar surface area (TPSA) is 103 Å². The molecule has 118 valence electrons. The van der Waals surface area contributed by atoms with E-state index in [2.05, 4.69) is 25.4 Å². The molecule has 0 aliphatic carbocycles. The van der Waals surface area contributed by atoms with Gasteiger partial charge in [-0.3, -0.25) is 0 Å². The average Bonchev–Trinajstić information content (AvgIpc) is 2.85. The van der Waals surface area contributed by atoms with E-state index in [1.807, 2.05) is 6.92 Å². The van der Waals surface area contributed by atoms with Crippen LogP contribution in [0.25, 0.3) is 11.5 Å². The van der Waals surface area contributed by atoms with Crippen LogP contribution in [0, 0.1) is 6.92 Å². The summed E-state index contributed by atoms with van der Waals surface area (Å²) in [5, 5.41) is 6.50. The summed E-state index contributed by atoms with van der Waals surface area (Å²) in [5.41, 5.74) is 0.797. The molecule has 0 saturated heterocycles. The van der Waals surface area contributed by atoms with Crippen molar-refractivity contribution in [1.82, 2.24) is 25.4 Å². The van der Waals surface area contributed by atoms with E-state index in [4.69, 9.17) is 9.26 Å². The van der Waals surface area contributed by atoms with Crippen molar-refractivity contribution in [3.05, 3.63) is 24.0 Å². The van der Waals surface area contributed by atoms with E-state index in [9.17, 15) is 4.79 Å². The van der Waals surface area contributed by atoms with Crippen LogP contribution in [0.15, 0.2) is 16.9 Å². The van der Waals surface area contributed by atoms with Crippen molar-refractivity contribution >= 4 is 6.09 Å². The van der Waals surface area contributed by atoms with Crippen LogP contribution < -0.4 is 5.32 Å². The summed E-state index contributed by atoms with van der Waals surface area (Å²) in [6.07, 6.45) is 0.890. The number of alkyl carbamates (subject to hydrolysis) is 1. The van der Waals surface area contributed by atoms with Crippen molar-refractivity contribution in [2.75, 3.05) is 0 Å². The molecule has 0 aliphatic rings. The third kappa shape index (κ3) is 4.24. The van der Waals surface area contributed by atoms with Gasteiger partial charge < -0.3 is 14.6 Å². The lowest BCUT2D eigenvalue weighted by Gasteiger charge is -2.20. The van der Waals surface area contributed by atoms with Gasteiger partial charge in [-0.1, -0.05) is 5.16 Å². The van der Waals surface area contributed by atoms with Gasteiger partial charge in [-0.15, -0.1) is 0 Å². The minimum Gasteiger partial charge on any atom is -0.444 e. The fourth-order valence-corrected chi connectivity index (χ4v) is 1.64. The quantitative estimate of drug-likeness (QED) is 0.928. The molecular formula is C14H19N5O3. The van der Waals surface area contributed by atoms with Crippen molar-refractivity contribution in [2.45, 2.75) is 46.3 Å². The molecule has 0 spiro atoms. The highest BCUT2D eigenvalue weighted by Gasteiger charge is 2.21. The zero-order valence-electron chi connectivity index (χ0n) is 13.2. The van der Waals surface area contributed by atoms with Crippen LogP contribution in [0.5, 0.6) is 0 Å². The van der Waals surface area contributed by atoms with Crippen molar-refractivity contribution in [2.24, 2.45) is 0 Å². The highest BCUT2D eigenvalue weighted by Crippen LogP contribution is 2.17. The predicted molar refractivity (Wildman–Crippen MR) is 77.8 cm³/mol. The molecule has 0 bridgehead atoms. The number of rotatable bonds is 3. The normalized spacial score (nSPS) is 12.8. The number of ether oxygens (including phenoxy) is 1. The molecule has 2 rings (SSSR count). The van der Waals surface area contributed by atoms with Gasteiger partial charge in [0.15, 0.2) is 0 Å². The maximum Gasteiger partial charge on any atom is 0.408 e. The molecule has 1 amide bonds. The molecule has 0 aliphatic heterocycles. The molecular weight excluding hydrogens is 286 g/mol. The minimum absolute atomic E-state index is 0.275. The third-order valence-electron chi connectivity index (χ3n) is 2.58. The maximum atomic E-state index is 11.7. The van der Waals surface area contributed by atoms with Gasteiger partial charge >= 0.3 is 6.09 Å². The van der Waals surface area contributed by atoms with Crippen LogP contribution in [0.1, 0.15) is 45.3 Å². The molecule has 1 N–H and O–H groups in total. The predicted octanol–water partition coefficient (Wildman–Crippen LogP) is 2.42. The Hall–Kier alpha value is -2.51. The monoisotopic (exact) mass is 305 g/mol. The minimum atomic E-state index is -0.567. The van der Waals surface area contributed by atoms with E-state index in [1.54, 1.807) is 33.8 Å². The number of nitrogens with zero attached hydrogens (tertiary/aromatic N) is 4. The van der Waals surface area contributed by atoms with Gasteiger partial charge in [-0.05, 0) is 40.7 Å². The molecule has 0 unspecified atom stereocenters. The smallest absolute Gasteiger partial charge is 0.408 e. The number of carbonyl (C=O) groups is 1. The fourth-order valence-electron chi connectivity index (χ4n) is 1.64. The van der Waals surface area contributed by atoms with E-state index >= 15 is 0 Å². The summed E-state index contributed by atoms with van der Waals surface area (Å²) in [6.45, 7) is 8.95. The first kappa shape index (κ1) is 15.9. The van der Waals surface area contributed by atoms with Crippen molar-refractivity contribution in [3.63, 3.8) is 0 Å². The van der Waals surface area contributed by atoms with Crippen LogP contribution in [-0.2, 0) is 4.74 Å². The number of aromatic nitrogens is 4. The van der Waals surface area contributed by atoms with E-state index in [1.165, 1.54) is 6.33 Å². The molecule has 0 radical (unpaired) electrons. The van der Waals surface area contributed by atoms with Crippen LogP contribution in [0.3, 0.4) is 0 Å². The Bertz CT molecular complexity index is 662. The van der Waals surface area contributed by atoms with Crippen LogP contribution in [0.2, 0.25) is 0 Å². The second kappa shape index (κ2) is 6.08. The zero-order valence-corrected chi connectivity index (χ0v) is 13.2. The summed E-state index contributed by atoms with van der Waals surface area (Å²) in [6, 6.07) is 1.28. The zero-order chi connectivity index (χ0) is 16.3. The first-order chi connectivity index (χ1) is 10.2. The number of nitrogens with one attached hydrogen (secondary N) is 1. The van der Waals surface area contributed by atoms with Gasteiger partial charge in [-0.25, -0.2) is 14.8 Å². The van der Waals surface area contributed by atoms with E-state index < -0.39 is 17.7 Å². The Morgan fingerprint density at radius 1 is 1.36 bits per heavy atom. The fraction of sp³-hybridized carbons (Fsp3) is 0.500. The van der Waals surface area contributed by atoms with Gasteiger partial charge in [0.1, 0.15) is 23.7 Å². The first-order valence-electron chi connectivity index (χ1n) is 6.87. The van der Waals surface area contributed by atoms with Crippen LogP contribution >= 0.6 is 0 Å². The van der Waals surface area contributed by atoms with Gasteiger partial charge in [0.05, 0.1) is 0 Å². The second-order valence-electron chi connectivity index (χ2n) is 5.87. The molecule has 1 atom stereocenters. The lowest BCUT2D eigenvalue weighted by atomic mass is 10.2. The van der Waals surface area contributed by atoms with Gasteiger partial charge in [-0.2, -0.15) is 4.98 Å². The standard InChI is InChI=1S/C14H19N5O3/c1-8-6-10(16-7-15-8)11-18-12(22-19-11)9(2)17-13(20)21-14(3,4)5/h6-7,9H,1-5H3,(H,17,20)/t9-/m0/s1. The molecule has 2 aromatic rings. The Labute approximate surface area is 128 Å². The van der Waals surface area contributed by atoms with E-state index in [-0.39, 0.29) is 5.89 Å². The highest BCUT2D eigenvalue weighted by atomic mass is 16.6. The largest absolute Gasteiger partial charge is 0.444 e. The molecule has 0 aromatic carbocycles. The number of carbonyl (C=O) groups excluding carboxylic acids is 1. The number of hydrogen-bond donors (Lipinski definition) is 1. The van der Waals surface area contributed by atoms with Crippen LogP contribution in [0.4, 0.5) is 4.79 Å². The molecule has 2 aromatic heterocycles. The Balaban J connectivity index is 2.06. The van der Waals surface area contributed by atoms with Crippen molar-refractivity contribution < 1.29 is 14.1 Å². The molecule has 22 heavy (non-hydrogen) atoms. The van der Waals surface area contributed by atoms with E-state index in [0.717, 1.165) is 5.69 Å². The van der Waals surface area contributed by atoms with Crippen molar-refractivity contribution in [3.8, 4) is 11.5 Å². The Morgan fingerprint density at radius 3 is 2.73 bits per heavy atom. The molecule has 8 nitrogen and oxygen atoms in total. The summed E-state index contributed by atoms with van der Waals surface area (Å²) in [7, 11) is 0. The number of hydrogen-bond acceptors (Lipinski definition) is 7. The summed E-state index contributed by atoms with van der Waals surface area (Å²) >= 11 is 0. The van der Waals surface area contributed by atoms with E-state index in [0.29, 0.717) is 11.5 Å². The Kier molecular flexibility index (Phi) is 4.39. The third-order valence-corrected chi connectivity index (χ3v) is 2.58. The second-order valence-corrected chi connectivity index (χ2v) is 5.87. The SMILES string of the molecule is Cc1cc(-c2noc([C@H](C)NC(=O)OC(C)(C)C)n2)ncn1. The lowest BCUT2D eigenvalue weighted by molar-refractivity contribution is 0.0499. The van der Waals surface area contributed by atoms with Gasteiger partial charge in [0, 0.05) is 5.69 Å². The summed E-state index contributed by atoms with van der Waals surface area (Å²) in [5.74, 6) is 0.621. The number of amides is 1. The molecule has 0 saturated carbocycles. The summed E-state index contributed by atoms with van der Waals surface area (Å²) < 4.78 is 10.3. The highest BCUT2D eigenvalue weighted by molar-refractivity contribution is 5.68. The van der Waals surface area contributed by atoms with Crippen LogP contribution in [-0.4, -0.2) is 31.8 Å². The molecule has 8 heteroatoms. The molecule has 2 heterocycles. The lowest BCUT2D eigenvalue weighted by Crippen LogP contribution is -2.34. The average molecular weight is 305 g/mol. The molecule has 0 fully saturated rings.